The number of likely N-dealkylation sites (tertiary alicyclic amines) is 1. The Morgan fingerprint density at radius 1 is 0.857 bits per heavy atom. The molecular formula is C36H45N3O3. The number of aryl methyl sites for hydroxylation is 1. The smallest absolute Gasteiger partial charge is 0.253 e. The van der Waals surface area contributed by atoms with Gasteiger partial charge in [-0.25, -0.2) is 0 Å². The first-order chi connectivity index (χ1) is 20.4. The monoisotopic (exact) mass is 567 g/mol. The van der Waals surface area contributed by atoms with Crippen LogP contribution in [0.25, 0.3) is 11.1 Å². The first-order valence-corrected chi connectivity index (χ1v) is 15.6. The molecule has 1 fully saturated rings. The van der Waals surface area contributed by atoms with Crippen molar-refractivity contribution in [2.24, 2.45) is 0 Å². The second kappa shape index (κ2) is 14.0. The molecule has 0 bridgehead atoms. The maximum Gasteiger partial charge on any atom is 0.253 e. The number of benzene rings is 3. The standard InChI is InChI=1S/C36H45N3O3/c1-38(2)36(41)31-16-12-27(13-17-31)26-10-14-30(15-11-26)35(40)37-22-6-7-23-39-24-20-29(21-25-39)33-19-18-28-8-4-5-9-32(28)34(33)42-3/h10-19,29H,4-9,20-25H2,1-3H3,(H,37,40). The van der Waals surface area contributed by atoms with E-state index in [1.54, 1.807) is 19.0 Å². The number of carbonyl (C=O) groups is 2. The van der Waals surface area contributed by atoms with E-state index in [2.05, 4.69) is 22.3 Å². The average molecular weight is 568 g/mol. The molecule has 3 aromatic rings. The highest BCUT2D eigenvalue weighted by atomic mass is 16.5. The molecule has 2 aliphatic rings. The topological polar surface area (TPSA) is 61.9 Å². The molecule has 3 aromatic carbocycles. The molecule has 222 valence electrons. The van der Waals surface area contributed by atoms with Crippen molar-refractivity contribution < 1.29 is 14.3 Å². The summed E-state index contributed by atoms with van der Waals surface area (Å²) >= 11 is 0. The molecule has 0 unspecified atom stereocenters. The highest BCUT2D eigenvalue weighted by Crippen LogP contribution is 2.40. The minimum atomic E-state index is -0.0340. The predicted molar refractivity (Wildman–Crippen MR) is 170 cm³/mol. The highest BCUT2D eigenvalue weighted by molar-refractivity contribution is 5.95. The van der Waals surface area contributed by atoms with E-state index in [9.17, 15) is 9.59 Å². The predicted octanol–water partition coefficient (Wildman–Crippen LogP) is 6.33. The number of piperidine rings is 1. The maximum absolute atomic E-state index is 12.7. The summed E-state index contributed by atoms with van der Waals surface area (Å²) in [4.78, 5) is 28.9. The lowest BCUT2D eigenvalue weighted by Gasteiger charge is -2.33. The zero-order valence-electron chi connectivity index (χ0n) is 25.5. The van der Waals surface area contributed by atoms with Crippen LogP contribution in [0.15, 0.2) is 60.7 Å². The van der Waals surface area contributed by atoms with Crippen LogP contribution in [-0.2, 0) is 12.8 Å². The molecule has 1 saturated heterocycles. The van der Waals surface area contributed by atoms with Gasteiger partial charge < -0.3 is 19.9 Å². The molecule has 1 N–H and O–H groups in total. The number of nitrogens with one attached hydrogen (secondary N) is 1. The first-order valence-electron chi connectivity index (χ1n) is 15.6. The summed E-state index contributed by atoms with van der Waals surface area (Å²) in [7, 11) is 5.34. The largest absolute Gasteiger partial charge is 0.496 e. The summed E-state index contributed by atoms with van der Waals surface area (Å²) < 4.78 is 5.95. The summed E-state index contributed by atoms with van der Waals surface area (Å²) in [6.45, 7) is 4.01. The Morgan fingerprint density at radius 2 is 1.50 bits per heavy atom. The van der Waals surface area contributed by atoms with Gasteiger partial charge in [0.2, 0.25) is 0 Å². The lowest BCUT2D eigenvalue weighted by atomic mass is 9.83. The SMILES string of the molecule is COc1c(C2CCN(CCCCNC(=O)c3ccc(-c4ccc(C(=O)N(C)C)cc4)cc3)CC2)ccc2c1CCCC2. The maximum atomic E-state index is 12.7. The highest BCUT2D eigenvalue weighted by Gasteiger charge is 2.26. The zero-order chi connectivity index (χ0) is 29.5. The molecule has 42 heavy (non-hydrogen) atoms. The Kier molecular flexibility index (Phi) is 9.96. The summed E-state index contributed by atoms with van der Waals surface area (Å²) in [6, 6.07) is 19.9. The van der Waals surface area contributed by atoms with Crippen LogP contribution in [0.2, 0.25) is 0 Å². The molecule has 6 heteroatoms. The molecule has 0 aromatic heterocycles. The average Bonchev–Trinajstić information content (AvgIpc) is 3.04. The third-order valence-corrected chi connectivity index (χ3v) is 8.95. The third-order valence-electron chi connectivity index (χ3n) is 8.95. The van der Waals surface area contributed by atoms with Gasteiger partial charge in [-0.2, -0.15) is 0 Å². The first kappa shape index (κ1) is 29.8. The van der Waals surface area contributed by atoms with Crippen LogP contribution in [0, 0.1) is 0 Å². The van der Waals surface area contributed by atoms with Crippen molar-refractivity contribution in [1.82, 2.24) is 15.1 Å². The molecule has 5 rings (SSSR count). The van der Waals surface area contributed by atoms with E-state index in [4.69, 9.17) is 4.74 Å². The summed E-state index contributed by atoms with van der Waals surface area (Å²) in [5.41, 5.74) is 7.73. The normalized spacial score (nSPS) is 15.6. The minimum Gasteiger partial charge on any atom is -0.496 e. The van der Waals surface area contributed by atoms with Crippen molar-refractivity contribution in [2.75, 3.05) is 47.4 Å². The molecule has 6 nitrogen and oxygen atoms in total. The van der Waals surface area contributed by atoms with Crippen molar-refractivity contribution in [1.29, 1.82) is 0 Å². The Bertz CT molecular complexity index is 1360. The van der Waals surface area contributed by atoms with Crippen LogP contribution >= 0.6 is 0 Å². The minimum absolute atomic E-state index is 0.0140. The van der Waals surface area contributed by atoms with E-state index in [0.29, 0.717) is 23.6 Å². The second-order valence-electron chi connectivity index (χ2n) is 12.0. The molecule has 0 saturated carbocycles. The Hall–Kier alpha value is -3.64. The lowest BCUT2D eigenvalue weighted by Crippen LogP contribution is -2.34. The quantitative estimate of drug-likeness (QED) is 0.291. The van der Waals surface area contributed by atoms with Gasteiger partial charge in [0.15, 0.2) is 0 Å². The molecule has 1 aliphatic carbocycles. The molecule has 1 heterocycles. The van der Waals surface area contributed by atoms with Crippen molar-refractivity contribution in [3.05, 3.63) is 88.5 Å². The van der Waals surface area contributed by atoms with Gasteiger partial charge >= 0.3 is 0 Å². The van der Waals surface area contributed by atoms with Gasteiger partial charge in [-0.3, -0.25) is 9.59 Å². The fourth-order valence-corrected chi connectivity index (χ4v) is 6.48. The van der Waals surface area contributed by atoms with Gasteiger partial charge in [-0.15, -0.1) is 0 Å². The number of methoxy groups -OCH3 is 1. The number of hydrogen-bond acceptors (Lipinski definition) is 4. The fourth-order valence-electron chi connectivity index (χ4n) is 6.48. The number of rotatable bonds is 10. The Morgan fingerprint density at radius 3 is 2.14 bits per heavy atom. The van der Waals surface area contributed by atoms with E-state index in [0.717, 1.165) is 50.0 Å². The van der Waals surface area contributed by atoms with Crippen LogP contribution in [0.4, 0.5) is 0 Å². The number of amides is 2. The van der Waals surface area contributed by atoms with Crippen molar-refractivity contribution in [3.63, 3.8) is 0 Å². The summed E-state index contributed by atoms with van der Waals surface area (Å²) in [6.07, 6.45) is 9.33. The van der Waals surface area contributed by atoms with Gasteiger partial charge in [0.05, 0.1) is 7.11 Å². The molecule has 0 spiro atoms. The summed E-state index contributed by atoms with van der Waals surface area (Å²) in [5, 5.41) is 3.08. The molecular weight excluding hydrogens is 522 g/mol. The summed E-state index contributed by atoms with van der Waals surface area (Å²) in [5.74, 6) is 1.71. The number of nitrogens with zero attached hydrogens (tertiary/aromatic N) is 2. The lowest BCUT2D eigenvalue weighted by molar-refractivity contribution is 0.0827. The molecule has 2 amide bonds. The van der Waals surface area contributed by atoms with Crippen molar-refractivity contribution >= 4 is 11.8 Å². The second-order valence-corrected chi connectivity index (χ2v) is 12.0. The zero-order valence-corrected chi connectivity index (χ0v) is 25.5. The van der Waals surface area contributed by atoms with Crippen molar-refractivity contribution in [2.45, 2.75) is 57.3 Å². The number of ether oxygens (including phenoxy) is 1. The molecule has 0 atom stereocenters. The van der Waals surface area contributed by atoms with Gasteiger partial charge in [0.25, 0.3) is 11.8 Å². The Balaban J connectivity index is 1.02. The molecule has 0 radical (unpaired) electrons. The number of fused-ring (bicyclic) bond motifs is 1. The fraction of sp³-hybridized carbons (Fsp3) is 0.444. The van der Waals surface area contributed by atoms with Gasteiger partial charge in [-0.05, 0) is 129 Å². The Labute approximate surface area is 251 Å². The van der Waals surface area contributed by atoms with Crippen LogP contribution < -0.4 is 10.1 Å². The van der Waals surface area contributed by atoms with E-state index in [1.165, 1.54) is 54.5 Å². The number of carbonyl (C=O) groups excluding carboxylic acids is 2. The van der Waals surface area contributed by atoms with Crippen LogP contribution in [0.5, 0.6) is 5.75 Å². The van der Waals surface area contributed by atoms with Crippen LogP contribution in [0.3, 0.4) is 0 Å². The van der Waals surface area contributed by atoms with Crippen LogP contribution in [0.1, 0.15) is 81.8 Å². The van der Waals surface area contributed by atoms with Crippen molar-refractivity contribution in [3.8, 4) is 16.9 Å². The van der Waals surface area contributed by atoms with Gasteiger partial charge in [0.1, 0.15) is 5.75 Å². The van der Waals surface area contributed by atoms with E-state index in [1.807, 2.05) is 55.6 Å². The van der Waals surface area contributed by atoms with Gasteiger partial charge in [-0.1, -0.05) is 36.4 Å². The third kappa shape index (κ3) is 7.04. The molecule has 1 aliphatic heterocycles. The van der Waals surface area contributed by atoms with Crippen LogP contribution in [-0.4, -0.2) is 69.0 Å². The number of hydrogen-bond donors (Lipinski definition) is 1. The van der Waals surface area contributed by atoms with E-state index >= 15 is 0 Å². The van der Waals surface area contributed by atoms with E-state index in [-0.39, 0.29) is 11.8 Å². The van der Waals surface area contributed by atoms with Gasteiger partial charge in [0, 0.05) is 31.8 Å². The number of unbranched alkanes of at least 4 members (excludes halogenated alkanes) is 1. The van der Waals surface area contributed by atoms with E-state index < -0.39 is 0 Å².